The average molecular weight is 296 g/mol. The van der Waals surface area contributed by atoms with Gasteiger partial charge in [-0.2, -0.15) is 4.98 Å². The Labute approximate surface area is 127 Å². The monoisotopic (exact) mass is 296 g/mol. The molecule has 0 saturated carbocycles. The molecule has 1 fully saturated rings. The molecule has 3 aromatic heterocycles. The number of rotatable bonds is 4. The summed E-state index contributed by atoms with van der Waals surface area (Å²) in [4.78, 5) is 18.5. The Morgan fingerprint density at radius 2 is 2.27 bits per heavy atom. The summed E-state index contributed by atoms with van der Waals surface area (Å²) in [7, 11) is 0. The van der Waals surface area contributed by atoms with Gasteiger partial charge in [-0.15, -0.1) is 0 Å². The van der Waals surface area contributed by atoms with Crippen molar-refractivity contribution in [2.24, 2.45) is 0 Å². The quantitative estimate of drug-likeness (QED) is 0.794. The summed E-state index contributed by atoms with van der Waals surface area (Å²) in [5, 5.41) is 4.06. The average Bonchev–Trinajstić information content (AvgIpc) is 3.30. The van der Waals surface area contributed by atoms with E-state index in [0.717, 1.165) is 37.4 Å². The van der Waals surface area contributed by atoms with Crippen LogP contribution in [0.2, 0.25) is 0 Å². The number of H-pyrrole nitrogens is 1. The number of likely N-dealkylation sites (tertiary alicyclic amines) is 1. The molecule has 1 saturated heterocycles. The van der Waals surface area contributed by atoms with Gasteiger partial charge in [-0.1, -0.05) is 11.2 Å². The predicted octanol–water partition coefficient (Wildman–Crippen LogP) is 2.19. The summed E-state index contributed by atoms with van der Waals surface area (Å²) in [6, 6.07) is 5.81. The number of nitrogens with one attached hydrogen (secondary N) is 1. The summed E-state index contributed by atoms with van der Waals surface area (Å²) in [5.74, 6) is 2.15. The highest BCUT2D eigenvalue weighted by atomic mass is 16.5. The van der Waals surface area contributed by atoms with E-state index in [4.69, 9.17) is 4.52 Å². The Kier molecular flexibility index (Phi) is 3.40. The zero-order chi connectivity index (χ0) is 14.8. The number of nitrogens with zero attached hydrogens (tertiary/aromatic N) is 5. The Morgan fingerprint density at radius 3 is 3.09 bits per heavy atom. The third-order valence-electron chi connectivity index (χ3n) is 3.89. The first-order valence-corrected chi connectivity index (χ1v) is 7.37. The first-order chi connectivity index (χ1) is 10.9. The molecule has 1 atom stereocenters. The molecular formula is C15H16N6O. The van der Waals surface area contributed by atoms with Crippen LogP contribution in [0.3, 0.4) is 0 Å². The molecule has 3 aromatic rings. The van der Waals surface area contributed by atoms with E-state index in [1.54, 1.807) is 12.4 Å². The van der Waals surface area contributed by atoms with Crippen LogP contribution < -0.4 is 0 Å². The first kappa shape index (κ1) is 13.1. The van der Waals surface area contributed by atoms with E-state index in [1.807, 2.05) is 24.4 Å². The Hall–Kier alpha value is -2.54. The van der Waals surface area contributed by atoms with E-state index in [2.05, 4.69) is 30.0 Å². The van der Waals surface area contributed by atoms with Gasteiger partial charge in [0.25, 0.3) is 0 Å². The molecular weight excluding hydrogens is 280 g/mol. The molecule has 1 aliphatic rings. The van der Waals surface area contributed by atoms with E-state index in [9.17, 15) is 0 Å². The largest absolute Gasteiger partial charge is 0.348 e. The zero-order valence-electron chi connectivity index (χ0n) is 12.0. The summed E-state index contributed by atoms with van der Waals surface area (Å²) in [5.41, 5.74) is 0.730. The van der Waals surface area contributed by atoms with E-state index in [1.165, 1.54) is 0 Å². The Morgan fingerprint density at radius 1 is 1.27 bits per heavy atom. The summed E-state index contributed by atoms with van der Waals surface area (Å²) in [6.45, 7) is 1.77. The minimum atomic E-state index is 0.148. The third kappa shape index (κ3) is 2.50. The van der Waals surface area contributed by atoms with Gasteiger partial charge in [-0.3, -0.25) is 9.88 Å². The lowest BCUT2D eigenvalue weighted by molar-refractivity contribution is 0.197. The lowest BCUT2D eigenvalue weighted by Crippen LogP contribution is -2.23. The lowest BCUT2D eigenvalue weighted by atomic mass is 10.2. The Bertz CT molecular complexity index is 724. The maximum atomic E-state index is 5.48. The molecule has 1 N–H and O–H groups in total. The summed E-state index contributed by atoms with van der Waals surface area (Å²) < 4.78 is 5.48. The topological polar surface area (TPSA) is 83.7 Å². The van der Waals surface area contributed by atoms with E-state index in [-0.39, 0.29) is 6.04 Å². The van der Waals surface area contributed by atoms with Crippen molar-refractivity contribution >= 4 is 0 Å². The van der Waals surface area contributed by atoms with Crippen molar-refractivity contribution in [3.63, 3.8) is 0 Å². The second-order valence-electron chi connectivity index (χ2n) is 5.34. The normalized spacial score (nSPS) is 18.8. The van der Waals surface area contributed by atoms with Crippen LogP contribution in [0, 0.1) is 0 Å². The molecule has 112 valence electrons. The van der Waals surface area contributed by atoms with Crippen LogP contribution >= 0.6 is 0 Å². The van der Waals surface area contributed by atoms with Gasteiger partial charge in [0.2, 0.25) is 11.7 Å². The standard InChI is InChI=1S/C15H16N6O/c1-2-6-16-11(4-1)14-19-15(22-20-14)12-5-3-9-21(12)10-13-17-7-8-18-13/h1-2,4,6-8,12H,3,5,9-10H2,(H,17,18)/t12-/m0/s1. The highest BCUT2D eigenvalue weighted by molar-refractivity contribution is 5.47. The van der Waals surface area contributed by atoms with Crippen LogP contribution in [0.1, 0.15) is 30.6 Å². The molecule has 1 aliphatic heterocycles. The minimum Gasteiger partial charge on any atom is -0.348 e. The van der Waals surface area contributed by atoms with Gasteiger partial charge in [0.15, 0.2) is 0 Å². The molecule has 7 heteroatoms. The fourth-order valence-corrected chi connectivity index (χ4v) is 2.84. The molecule has 7 nitrogen and oxygen atoms in total. The minimum absolute atomic E-state index is 0.148. The van der Waals surface area contributed by atoms with Crippen LogP contribution in [-0.4, -0.2) is 36.5 Å². The zero-order valence-corrected chi connectivity index (χ0v) is 12.0. The predicted molar refractivity (Wildman–Crippen MR) is 78.5 cm³/mol. The lowest BCUT2D eigenvalue weighted by Gasteiger charge is -2.19. The van der Waals surface area contributed by atoms with Crippen molar-refractivity contribution in [2.45, 2.75) is 25.4 Å². The molecule has 22 heavy (non-hydrogen) atoms. The maximum absolute atomic E-state index is 5.48. The van der Waals surface area contributed by atoms with Gasteiger partial charge in [-0.25, -0.2) is 4.98 Å². The van der Waals surface area contributed by atoms with Gasteiger partial charge >= 0.3 is 0 Å². The highest BCUT2D eigenvalue weighted by Gasteiger charge is 2.31. The van der Waals surface area contributed by atoms with Crippen LogP contribution in [0.5, 0.6) is 0 Å². The SMILES string of the molecule is c1ccc(-c2noc([C@@H]3CCCN3Cc3ncc[nH]3)n2)nc1. The molecule has 0 unspecified atom stereocenters. The second-order valence-corrected chi connectivity index (χ2v) is 5.34. The molecule has 4 rings (SSSR count). The molecule has 0 aromatic carbocycles. The van der Waals surface area contributed by atoms with Gasteiger partial charge in [0.1, 0.15) is 11.5 Å². The third-order valence-corrected chi connectivity index (χ3v) is 3.89. The molecule has 0 radical (unpaired) electrons. The van der Waals surface area contributed by atoms with Crippen molar-refractivity contribution in [3.8, 4) is 11.5 Å². The number of hydrogen-bond donors (Lipinski definition) is 1. The number of imidazole rings is 1. The van der Waals surface area contributed by atoms with Gasteiger partial charge < -0.3 is 9.51 Å². The van der Waals surface area contributed by atoms with Crippen LogP contribution in [0.25, 0.3) is 11.5 Å². The first-order valence-electron chi connectivity index (χ1n) is 7.37. The van der Waals surface area contributed by atoms with Crippen molar-refractivity contribution in [1.82, 2.24) is 30.0 Å². The molecule has 4 heterocycles. The Balaban J connectivity index is 1.55. The summed E-state index contributed by atoms with van der Waals surface area (Å²) in [6.07, 6.45) is 7.47. The van der Waals surface area contributed by atoms with E-state index in [0.29, 0.717) is 11.7 Å². The molecule has 0 aliphatic carbocycles. The number of hydrogen-bond acceptors (Lipinski definition) is 6. The second kappa shape index (κ2) is 5.69. The van der Waals surface area contributed by atoms with E-state index >= 15 is 0 Å². The number of aromatic nitrogens is 5. The van der Waals surface area contributed by atoms with Crippen LogP contribution in [0.4, 0.5) is 0 Å². The maximum Gasteiger partial charge on any atom is 0.244 e. The highest BCUT2D eigenvalue weighted by Crippen LogP contribution is 2.32. The van der Waals surface area contributed by atoms with Gasteiger partial charge in [0.05, 0.1) is 12.6 Å². The van der Waals surface area contributed by atoms with Crippen molar-refractivity contribution in [1.29, 1.82) is 0 Å². The number of pyridine rings is 1. The number of aromatic amines is 1. The van der Waals surface area contributed by atoms with E-state index < -0.39 is 0 Å². The fourth-order valence-electron chi connectivity index (χ4n) is 2.84. The van der Waals surface area contributed by atoms with Gasteiger partial charge in [0, 0.05) is 18.6 Å². The van der Waals surface area contributed by atoms with Gasteiger partial charge in [-0.05, 0) is 31.5 Å². The van der Waals surface area contributed by atoms with Crippen molar-refractivity contribution in [3.05, 3.63) is 48.5 Å². The molecule has 0 bridgehead atoms. The molecule has 0 spiro atoms. The smallest absolute Gasteiger partial charge is 0.244 e. The summed E-state index contributed by atoms with van der Waals surface area (Å²) >= 11 is 0. The van der Waals surface area contributed by atoms with Crippen molar-refractivity contribution < 1.29 is 4.52 Å². The van der Waals surface area contributed by atoms with Crippen LogP contribution in [-0.2, 0) is 6.54 Å². The molecule has 0 amide bonds. The fraction of sp³-hybridized carbons (Fsp3) is 0.333. The van der Waals surface area contributed by atoms with Crippen molar-refractivity contribution in [2.75, 3.05) is 6.54 Å². The van der Waals surface area contributed by atoms with Crippen LogP contribution in [0.15, 0.2) is 41.3 Å².